The number of hydrogen-bond acceptors (Lipinski definition) is 4. The third-order valence-corrected chi connectivity index (χ3v) is 4.99. The van der Waals surface area contributed by atoms with Gasteiger partial charge in [0, 0.05) is 19.1 Å². The van der Waals surface area contributed by atoms with Gasteiger partial charge in [-0.25, -0.2) is 9.18 Å². The van der Waals surface area contributed by atoms with E-state index < -0.39 is 17.1 Å². The first kappa shape index (κ1) is 18.9. The highest BCUT2D eigenvalue weighted by Crippen LogP contribution is 2.27. The lowest BCUT2D eigenvalue weighted by atomic mass is 10.2. The maximum absolute atomic E-state index is 13.2. The standard InChI is InChI=1S/C20H16ClFN4O3/c1-24-17-16(18(27)25(2)20(24)28)26(11-12-5-3-4-6-15(12)21)19(23-17)29-14-9-7-13(22)8-10-14/h3-10H,11H2,1-2H3. The van der Waals surface area contributed by atoms with Crippen LogP contribution < -0.4 is 16.0 Å². The lowest BCUT2D eigenvalue weighted by molar-refractivity contribution is 0.420. The number of benzene rings is 2. The number of nitrogens with zero attached hydrogens (tertiary/aromatic N) is 4. The van der Waals surface area contributed by atoms with Crippen LogP contribution in [-0.4, -0.2) is 18.7 Å². The van der Waals surface area contributed by atoms with Crippen molar-refractivity contribution in [3.8, 4) is 11.8 Å². The second-order valence-corrected chi connectivity index (χ2v) is 6.91. The molecule has 0 saturated heterocycles. The molecule has 0 aliphatic heterocycles. The molecule has 0 spiro atoms. The van der Waals surface area contributed by atoms with Crippen molar-refractivity contribution in [3.05, 3.63) is 85.8 Å². The highest BCUT2D eigenvalue weighted by Gasteiger charge is 2.21. The van der Waals surface area contributed by atoms with Crippen LogP contribution in [0.5, 0.6) is 11.8 Å². The number of rotatable bonds is 4. The quantitative estimate of drug-likeness (QED) is 0.514. The molecule has 148 valence electrons. The molecule has 2 aromatic heterocycles. The van der Waals surface area contributed by atoms with Crippen LogP contribution in [-0.2, 0) is 20.6 Å². The van der Waals surface area contributed by atoms with E-state index in [0.29, 0.717) is 10.8 Å². The van der Waals surface area contributed by atoms with Gasteiger partial charge in [-0.2, -0.15) is 4.98 Å². The third kappa shape index (κ3) is 3.31. The molecule has 29 heavy (non-hydrogen) atoms. The topological polar surface area (TPSA) is 71.1 Å². The molecule has 0 atom stereocenters. The number of hydrogen-bond donors (Lipinski definition) is 0. The molecule has 0 aliphatic rings. The zero-order chi connectivity index (χ0) is 20.7. The van der Waals surface area contributed by atoms with E-state index in [2.05, 4.69) is 4.98 Å². The van der Waals surface area contributed by atoms with Crippen molar-refractivity contribution < 1.29 is 9.13 Å². The normalized spacial score (nSPS) is 11.2. The summed E-state index contributed by atoms with van der Waals surface area (Å²) in [7, 11) is 2.93. The van der Waals surface area contributed by atoms with Crippen molar-refractivity contribution in [3.63, 3.8) is 0 Å². The smallest absolute Gasteiger partial charge is 0.332 e. The van der Waals surface area contributed by atoms with E-state index in [9.17, 15) is 14.0 Å². The summed E-state index contributed by atoms with van der Waals surface area (Å²) in [5, 5.41) is 0.517. The van der Waals surface area contributed by atoms with Gasteiger partial charge in [0.15, 0.2) is 11.2 Å². The Morgan fingerprint density at radius 2 is 1.72 bits per heavy atom. The summed E-state index contributed by atoms with van der Waals surface area (Å²) in [6.07, 6.45) is 0. The van der Waals surface area contributed by atoms with Crippen molar-refractivity contribution in [1.29, 1.82) is 0 Å². The summed E-state index contributed by atoms with van der Waals surface area (Å²) in [5.74, 6) is -0.0675. The first-order valence-corrected chi connectivity index (χ1v) is 9.07. The Balaban J connectivity index is 1.96. The van der Waals surface area contributed by atoms with Gasteiger partial charge < -0.3 is 4.74 Å². The van der Waals surface area contributed by atoms with Crippen LogP contribution in [0, 0.1) is 5.82 Å². The molecule has 0 unspecified atom stereocenters. The van der Waals surface area contributed by atoms with Crippen LogP contribution in [0.4, 0.5) is 4.39 Å². The maximum atomic E-state index is 13.2. The number of aryl methyl sites for hydroxylation is 1. The molecule has 0 saturated carbocycles. The largest absolute Gasteiger partial charge is 0.425 e. The van der Waals surface area contributed by atoms with Crippen LogP contribution in [0.2, 0.25) is 5.02 Å². The summed E-state index contributed by atoms with van der Waals surface area (Å²) >= 11 is 6.30. The van der Waals surface area contributed by atoms with E-state index in [1.807, 2.05) is 12.1 Å². The van der Waals surface area contributed by atoms with Gasteiger partial charge in [0.05, 0.1) is 6.54 Å². The number of aromatic nitrogens is 4. The summed E-state index contributed by atoms with van der Waals surface area (Å²) in [5.41, 5.74) is 0.122. The average molecular weight is 415 g/mol. The summed E-state index contributed by atoms with van der Waals surface area (Å²) in [4.78, 5) is 29.5. The van der Waals surface area contributed by atoms with Crippen LogP contribution in [0.15, 0.2) is 58.1 Å². The van der Waals surface area contributed by atoms with Gasteiger partial charge in [-0.3, -0.25) is 18.5 Å². The number of halogens is 2. The number of imidazole rings is 1. The van der Waals surface area contributed by atoms with E-state index in [1.165, 1.54) is 42.9 Å². The number of ether oxygens (including phenoxy) is 1. The Hall–Kier alpha value is -3.39. The second kappa shape index (κ2) is 7.21. The van der Waals surface area contributed by atoms with Crippen LogP contribution in [0.25, 0.3) is 11.2 Å². The molecular formula is C20H16ClFN4O3. The Bertz CT molecular complexity index is 1340. The molecule has 2 heterocycles. The summed E-state index contributed by atoms with van der Waals surface area (Å²) in [6, 6.07) is 12.7. The zero-order valence-electron chi connectivity index (χ0n) is 15.6. The monoisotopic (exact) mass is 414 g/mol. The Morgan fingerprint density at radius 1 is 1.03 bits per heavy atom. The van der Waals surface area contributed by atoms with Gasteiger partial charge in [0.1, 0.15) is 11.6 Å². The lowest BCUT2D eigenvalue weighted by Crippen LogP contribution is -2.37. The van der Waals surface area contributed by atoms with Gasteiger partial charge in [-0.1, -0.05) is 29.8 Å². The van der Waals surface area contributed by atoms with Gasteiger partial charge in [-0.15, -0.1) is 0 Å². The summed E-state index contributed by atoms with van der Waals surface area (Å²) < 4.78 is 22.9. The van der Waals surface area contributed by atoms with Crippen molar-refractivity contribution >= 4 is 22.8 Å². The minimum Gasteiger partial charge on any atom is -0.425 e. The van der Waals surface area contributed by atoms with E-state index in [0.717, 1.165) is 10.1 Å². The Kier molecular flexibility index (Phi) is 4.71. The fourth-order valence-corrected chi connectivity index (χ4v) is 3.25. The molecule has 4 aromatic rings. The van der Waals surface area contributed by atoms with E-state index in [-0.39, 0.29) is 23.7 Å². The van der Waals surface area contributed by atoms with Gasteiger partial charge >= 0.3 is 11.7 Å². The highest BCUT2D eigenvalue weighted by atomic mass is 35.5. The molecule has 9 heteroatoms. The fourth-order valence-electron chi connectivity index (χ4n) is 3.06. The minimum atomic E-state index is -0.503. The molecular weight excluding hydrogens is 399 g/mol. The first-order chi connectivity index (χ1) is 13.9. The fraction of sp³-hybridized carbons (Fsp3) is 0.150. The van der Waals surface area contributed by atoms with Crippen molar-refractivity contribution in [2.75, 3.05) is 0 Å². The number of fused-ring (bicyclic) bond motifs is 1. The van der Waals surface area contributed by atoms with E-state index in [4.69, 9.17) is 16.3 Å². The zero-order valence-corrected chi connectivity index (χ0v) is 16.4. The third-order valence-electron chi connectivity index (χ3n) is 4.62. The second-order valence-electron chi connectivity index (χ2n) is 6.51. The van der Waals surface area contributed by atoms with Crippen molar-refractivity contribution in [2.45, 2.75) is 6.54 Å². The SMILES string of the molecule is Cn1c(=O)c2c(nc(Oc3ccc(F)cc3)n2Cc2ccccc2Cl)n(C)c1=O. The van der Waals surface area contributed by atoms with Gasteiger partial charge in [0.25, 0.3) is 5.56 Å². The summed E-state index contributed by atoms with van der Waals surface area (Å²) in [6.45, 7) is 0.195. The minimum absolute atomic E-state index is 0.0878. The molecule has 7 nitrogen and oxygen atoms in total. The van der Waals surface area contributed by atoms with Gasteiger partial charge in [-0.05, 0) is 35.9 Å². The highest BCUT2D eigenvalue weighted by molar-refractivity contribution is 6.31. The average Bonchev–Trinajstić information content (AvgIpc) is 3.06. The van der Waals surface area contributed by atoms with E-state index >= 15 is 0 Å². The Morgan fingerprint density at radius 3 is 2.41 bits per heavy atom. The molecule has 0 fully saturated rings. The van der Waals surface area contributed by atoms with Gasteiger partial charge in [0.2, 0.25) is 0 Å². The lowest BCUT2D eigenvalue weighted by Gasteiger charge is -2.11. The van der Waals surface area contributed by atoms with E-state index in [1.54, 1.807) is 16.7 Å². The molecule has 0 N–H and O–H groups in total. The van der Waals surface area contributed by atoms with Crippen molar-refractivity contribution in [2.24, 2.45) is 14.1 Å². The predicted octanol–water partition coefficient (Wildman–Crippen LogP) is 3.07. The Labute approximate surface area is 169 Å². The molecule has 2 aromatic carbocycles. The maximum Gasteiger partial charge on any atom is 0.332 e. The molecule has 0 aliphatic carbocycles. The van der Waals surface area contributed by atoms with Crippen LogP contribution in [0.1, 0.15) is 5.56 Å². The predicted molar refractivity (Wildman–Crippen MR) is 107 cm³/mol. The molecule has 4 rings (SSSR count). The molecule has 0 amide bonds. The first-order valence-electron chi connectivity index (χ1n) is 8.70. The van der Waals surface area contributed by atoms with Crippen LogP contribution in [0.3, 0.4) is 0 Å². The molecule has 0 radical (unpaired) electrons. The van der Waals surface area contributed by atoms with Crippen molar-refractivity contribution in [1.82, 2.24) is 18.7 Å². The van der Waals surface area contributed by atoms with Crippen LogP contribution >= 0.6 is 11.6 Å². The molecule has 0 bridgehead atoms.